The molecule has 5 nitrogen and oxygen atoms in total. The SMILES string of the molecule is CC(C)CN(CC1CCCN1)S(=O)(=O)c1ncccc1F. The average Bonchev–Trinajstić information content (AvgIpc) is 2.90. The fraction of sp³-hybridized carbons (Fsp3) is 0.643. The zero-order valence-corrected chi connectivity index (χ0v) is 13.2. The van der Waals surface area contributed by atoms with Gasteiger partial charge in [-0.25, -0.2) is 17.8 Å². The number of aromatic nitrogens is 1. The molecule has 0 spiro atoms. The summed E-state index contributed by atoms with van der Waals surface area (Å²) >= 11 is 0. The minimum atomic E-state index is -3.91. The van der Waals surface area contributed by atoms with E-state index in [1.807, 2.05) is 13.8 Å². The Morgan fingerprint density at radius 3 is 2.86 bits per heavy atom. The molecule has 1 aromatic heterocycles. The first kappa shape index (κ1) is 16.3. The predicted molar refractivity (Wildman–Crippen MR) is 78.8 cm³/mol. The highest BCUT2D eigenvalue weighted by atomic mass is 32.2. The van der Waals surface area contributed by atoms with Crippen LogP contribution in [-0.4, -0.2) is 43.4 Å². The minimum Gasteiger partial charge on any atom is -0.313 e. The Morgan fingerprint density at radius 1 is 1.52 bits per heavy atom. The lowest BCUT2D eigenvalue weighted by molar-refractivity contribution is 0.333. The maximum atomic E-state index is 13.8. The first-order chi connectivity index (χ1) is 9.91. The van der Waals surface area contributed by atoms with E-state index >= 15 is 0 Å². The van der Waals surface area contributed by atoms with E-state index in [1.165, 1.54) is 16.6 Å². The summed E-state index contributed by atoms with van der Waals surface area (Å²) in [5, 5.41) is 2.80. The van der Waals surface area contributed by atoms with Crippen molar-refractivity contribution in [2.75, 3.05) is 19.6 Å². The second-order valence-electron chi connectivity index (χ2n) is 5.80. The molecule has 1 unspecified atom stereocenters. The van der Waals surface area contributed by atoms with Gasteiger partial charge in [0.25, 0.3) is 10.0 Å². The van der Waals surface area contributed by atoms with E-state index in [2.05, 4.69) is 10.3 Å². The van der Waals surface area contributed by atoms with Gasteiger partial charge in [0, 0.05) is 25.3 Å². The zero-order chi connectivity index (χ0) is 15.5. The summed E-state index contributed by atoms with van der Waals surface area (Å²) in [6, 6.07) is 2.64. The Balaban J connectivity index is 2.27. The van der Waals surface area contributed by atoms with Crippen LogP contribution < -0.4 is 5.32 Å². The van der Waals surface area contributed by atoms with Gasteiger partial charge in [-0.2, -0.15) is 4.31 Å². The second kappa shape index (κ2) is 6.81. The van der Waals surface area contributed by atoms with E-state index in [0.29, 0.717) is 13.1 Å². The topological polar surface area (TPSA) is 62.3 Å². The highest BCUT2D eigenvalue weighted by Gasteiger charge is 2.31. The van der Waals surface area contributed by atoms with Crippen LogP contribution in [0, 0.1) is 11.7 Å². The standard InChI is InChI=1S/C14H22FN3O2S/c1-11(2)9-18(10-12-5-3-7-16-12)21(19,20)14-13(15)6-4-8-17-14/h4,6,8,11-12,16H,3,5,7,9-10H2,1-2H3. The first-order valence-corrected chi connectivity index (χ1v) is 8.69. The van der Waals surface area contributed by atoms with Gasteiger partial charge in [0.15, 0.2) is 5.82 Å². The van der Waals surface area contributed by atoms with Crippen LogP contribution in [0.3, 0.4) is 0 Å². The highest BCUT2D eigenvalue weighted by Crippen LogP contribution is 2.19. The van der Waals surface area contributed by atoms with Crippen molar-refractivity contribution in [2.45, 2.75) is 37.8 Å². The molecule has 0 saturated carbocycles. The molecule has 0 amide bonds. The molecule has 0 aromatic carbocycles. The molecular weight excluding hydrogens is 293 g/mol. The highest BCUT2D eigenvalue weighted by molar-refractivity contribution is 7.89. The summed E-state index contributed by atoms with van der Waals surface area (Å²) < 4.78 is 40.5. The van der Waals surface area contributed by atoms with Crippen LogP contribution in [-0.2, 0) is 10.0 Å². The van der Waals surface area contributed by atoms with Crippen LogP contribution in [0.25, 0.3) is 0 Å². The van der Waals surface area contributed by atoms with E-state index in [1.54, 1.807) is 0 Å². The third-order valence-electron chi connectivity index (χ3n) is 3.46. The number of sulfonamides is 1. The van der Waals surface area contributed by atoms with Crippen LogP contribution in [0.1, 0.15) is 26.7 Å². The predicted octanol–water partition coefficient (Wildman–Crippen LogP) is 1.62. The van der Waals surface area contributed by atoms with Crippen molar-refractivity contribution in [1.82, 2.24) is 14.6 Å². The summed E-state index contributed by atoms with van der Waals surface area (Å²) in [6.07, 6.45) is 3.28. The number of pyridine rings is 1. The van der Waals surface area contributed by atoms with Gasteiger partial charge in [0.2, 0.25) is 5.03 Å². The van der Waals surface area contributed by atoms with E-state index in [-0.39, 0.29) is 12.0 Å². The van der Waals surface area contributed by atoms with Crippen LogP contribution in [0.2, 0.25) is 0 Å². The molecule has 7 heteroatoms. The molecule has 1 fully saturated rings. The van der Waals surface area contributed by atoms with Gasteiger partial charge < -0.3 is 5.32 Å². The van der Waals surface area contributed by atoms with Crippen LogP contribution >= 0.6 is 0 Å². The maximum absolute atomic E-state index is 13.8. The number of hydrogen-bond donors (Lipinski definition) is 1. The fourth-order valence-electron chi connectivity index (χ4n) is 2.52. The van der Waals surface area contributed by atoms with Gasteiger partial charge >= 0.3 is 0 Å². The fourth-order valence-corrected chi connectivity index (χ4v) is 4.14. The van der Waals surface area contributed by atoms with Crippen LogP contribution in [0.15, 0.2) is 23.4 Å². The third-order valence-corrected chi connectivity index (χ3v) is 5.23. The molecule has 1 aliphatic rings. The van der Waals surface area contributed by atoms with Gasteiger partial charge in [-0.15, -0.1) is 0 Å². The van der Waals surface area contributed by atoms with Crippen LogP contribution in [0.4, 0.5) is 4.39 Å². The quantitative estimate of drug-likeness (QED) is 0.866. The Morgan fingerprint density at radius 2 is 2.29 bits per heavy atom. The van der Waals surface area contributed by atoms with E-state index in [0.717, 1.165) is 25.5 Å². The van der Waals surface area contributed by atoms with Gasteiger partial charge in [-0.1, -0.05) is 13.8 Å². The molecular formula is C14H22FN3O2S. The molecule has 118 valence electrons. The van der Waals surface area contributed by atoms with Gasteiger partial charge in [-0.3, -0.25) is 0 Å². The lowest BCUT2D eigenvalue weighted by Gasteiger charge is -2.26. The van der Waals surface area contributed by atoms with E-state index in [9.17, 15) is 12.8 Å². The molecule has 0 radical (unpaired) electrons. The molecule has 1 aromatic rings. The Bertz CT molecular complexity index is 571. The van der Waals surface area contributed by atoms with Crippen molar-refractivity contribution in [1.29, 1.82) is 0 Å². The summed E-state index contributed by atoms with van der Waals surface area (Å²) in [5.41, 5.74) is 0. The molecule has 2 heterocycles. The lowest BCUT2D eigenvalue weighted by Crippen LogP contribution is -2.43. The molecule has 2 rings (SSSR count). The molecule has 0 aliphatic carbocycles. The molecule has 21 heavy (non-hydrogen) atoms. The molecule has 1 aliphatic heterocycles. The Hall–Kier alpha value is -1.05. The molecule has 1 atom stereocenters. The summed E-state index contributed by atoms with van der Waals surface area (Å²) in [7, 11) is -3.91. The van der Waals surface area contributed by atoms with Gasteiger partial charge in [0.05, 0.1) is 0 Å². The zero-order valence-electron chi connectivity index (χ0n) is 12.4. The van der Waals surface area contributed by atoms with Crippen LogP contribution in [0.5, 0.6) is 0 Å². The largest absolute Gasteiger partial charge is 0.313 e. The summed E-state index contributed by atoms with van der Waals surface area (Å²) in [6.45, 7) is 5.50. The van der Waals surface area contributed by atoms with Crippen molar-refractivity contribution in [2.24, 2.45) is 5.92 Å². The number of hydrogen-bond acceptors (Lipinski definition) is 4. The van der Waals surface area contributed by atoms with Gasteiger partial charge in [0.1, 0.15) is 0 Å². The van der Waals surface area contributed by atoms with Crippen molar-refractivity contribution in [3.63, 3.8) is 0 Å². The van der Waals surface area contributed by atoms with Crippen molar-refractivity contribution in [3.05, 3.63) is 24.1 Å². The van der Waals surface area contributed by atoms with Gasteiger partial charge in [-0.05, 0) is 37.4 Å². The Labute approximate surface area is 125 Å². The number of rotatable bonds is 6. The molecule has 1 N–H and O–H groups in total. The monoisotopic (exact) mass is 315 g/mol. The third kappa shape index (κ3) is 3.99. The van der Waals surface area contributed by atoms with Crippen molar-refractivity contribution < 1.29 is 12.8 Å². The lowest BCUT2D eigenvalue weighted by atomic mass is 10.2. The van der Waals surface area contributed by atoms with E-state index < -0.39 is 20.9 Å². The minimum absolute atomic E-state index is 0.130. The second-order valence-corrected chi connectivity index (χ2v) is 7.65. The molecule has 0 bridgehead atoms. The average molecular weight is 315 g/mol. The van der Waals surface area contributed by atoms with Crippen molar-refractivity contribution >= 4 is 10.0 Å². The molecule has 1 saturated heterocycles. The van der Waals surface area contributed by atoms with Crippen molar-refractivity contribution in [3.8, 4) is 0 Å². The Kier molecular flexibility index (Phi) is 5.29. The maximum Gasteiger partial charge on any atom is 0.263 e. The summed E-state index contributed by atoms with van der Waals surface area (Å²) in [4.78, 5) is 3.73. The number of nitrogens with one attached hydrogen (secondary N) is 1. The summed E-state index contributed by atoms with van der Waals surface area (Å²) in [5.74, 6) is -0.640. The first-order valence-electron chi connectivity index (χ1n) is 7.25. The number of halogens is 1. The number of nitrogens with zero attached hydrogens (tertiary/aromatic N) is 2. The smallest absolute Gasteiger partial charge is 0.263 e. The van der Waals surface area contributed by atoms with E-state index in [4.69, 9.17) is 0 Å². The normalized spacial score (nSPS) is 19.6.